The summed E-state index contributed by atoms with van der Waals surface area (Å²) in [7, 11) is 0. The van der Waals surface area contributed by atoms with E-state index in [1.165, 1.54) is 0 Å². The van der Waals surface area contributed by atoms with E-state index in [2.05, 4.69) is 25.7 Å². The summed E-state index contributed by atoms with van der Waals surface area (Å²) < 4.78 is 5.63. The van der Waals surface area contributed by atoms with Crippen molar-refractivity contribution in [3.63, 3.8) is 0 Å². The highest BCUT2D eigenvalue weighted by Crippen LogP contribution is 2.40. The second-order valence-electron chi connectivity index (χ2n) is 6.06. The molecule has 2 rings (SSSR count). The first-order chi connectivity index (χ1) is 9.29. The van der Waals surface area contributed by atoms with Gasteiger partial charge < -0.3 is 14.9 Å². The van der Waals surface area contributed by atoms with Crippen LogP contribution >= 0.6 is 0 Å². The Morgan fingerprint density at radius 3 is 2.75 bits per heavy atom. The lowest BCUT2D eigenvalue weighted by Gasteiger charge is -2.39. The molecule has 0 radical (unpaired) electrons. The molecule has 1 aromatic carbocycles. The van der Waals surface area contributed by atoms with Crippen LogP contribution in [0.25, 0.3) is 0 Å². The van der Waals surface area contributed by atoms with Crippen LogP contribution in [0.4, 0.5) is 0 Å². The van der Waals surface area contributed by atoms with E-state index in [1.807, 2.05) is 6.07 Å². The Labute approximate surface area is 118 Å². The molecule has 1 atom stereocenters. The van der Waals surface area contributed by atoms with Crippen molar-refractivity contribution >= 4 is 5.97 Å². The fraction of sp³-hybridized carbons (Fsp3) is 0.533. The molecule has 5 heteroatoms. The standard InChI is InChI=1S/C15H21NO4/c1-15(2,3)16(7-6-14(18)19)12-9-20-13-8-10(17)4-5-11(12)13/h4-5,8,12,17H,6-7,9H2,1-3H3,(H,18,19). The second kappa shape index (κ2) is 5.32. The maximum absolute atomic E-state index is 10.8. The minimum absolute atomic E-state index is 0.0185. The normalized spacial score (nSPS) is 17.9. The van der Waals surface area contributed by atoms with Crippen molar-refractivity contribution < 1.29 is 19.7 Å². The first-order valence-corrected chi connectivity index (χ1v) is 6.73. The van der Waals surface area contributed by atoms with Gasteiger partial charge in [-0.25, -0.2) is 0 Å². The Kier molecular flexibility index (Phi) is 3.90. The van der Waals surface area contributed by atoms with Gasteiger partial charge >= 0.3 is 5.97 Å². The zero-order chi connectivity index (χ0) is 14.9. The molecular weight excluding hydrogens is 258 g/mol. The average Bonchev–Trinajstić information content (AvgIpc) is 2.70. The number of hydrogen-bond acceptors (Lipinski definition) is 4. The van der Waals surface area contributed by atoms with E-state index in [9.17, 15) is 9.90 Å². The van der Waals surface area contributed by atoms with Gasteiger partial charge in [-0.15, -0.1) is 0 Å². The molecule has 1 unspecified atom stereocenters. The lowest BCUT2D eigenvalue weighted by Crippen LogP contribution is -2.45. The smallest absolute Gasteiger partial charge is 0.304 e. The van der Waals surface area contributed by atoms with Gasteiger partial charge in [-0.05, 0) is 32.9 Å². The zero-order valence-corrected chi connectivity index (χ0v) is 12.1. The SMILES string of the molecule is CC(C)(C)N(CCC(=O)O)C1COc2cc(O)ccc21. The van der Waals surface area contributed by atoms with E-state index in [-0.39, 0.29) is 23.8 Å². The minimum atomic E-state index is -0.802. The fourth-order valence-electron chi connectivity index (χ4n) is 2.61. The third-order valence-corrected chi connectivity index (χ3v) is 3.56. The lowest BCUT2D eigenvalue weighted by molar-refractivity contribution is -0.137. The molecule has 20 heavy (non-hydrogen) atoms. The van der Waals surface area contributed by atoms with Crippen LogP contribution in [-0.4, -0.2) is 39.8 Å². The number of fused-ring (bicyclic) bond motifs is 1. The number of carboxylic acid groups (broad SMARTS) is 1. The number of carbonyl (C=O) groups is 1. The third kappa shape index (κ3) is 3.04. The van der Waals surface area contributed by atoms with Gasteiger partial charge in [-0.1, -0.05) is 0 Å². The molecule has 0 aromatic heterocycles. The van der Waals surface area contributed by atoms with Crippen molar-refractivity contribution in [2.24, 2.45) is 0 Å². The van der Waals surface area contributed by atoms with Crippen molar-refractivity contribution in [1.82, 2.24) is 4.90 Å². The number of hydrogen-bond donors (Lipinski definition) is 2. The highest BCUT2D eigenvalue weighted by molar-refractivity contribution is 5.66. The van der Waals surface area contributed by atoms with Gasteiger partial charge in [0.25, 0.3) is 0 Å². The molecule has 1 aliphatic rings. The number of nitrogens with zero attached hydrogens (tertiary/aromatic N) is 1. The van der Waals surface area contributed by atoms with Gasteiger partial charge in [0, 0.05) is 23.7 Å². The number of benzene rings is 1. The molecule has 0 aliphatic carbocycles. The van der Waals surface area contributed by atoms with Gasteiger partial charge in [0.2, 0.25) is 0 Å². The summed E-state index contributed by atoms with van der Waals surface area (Å²) in [5.41, 5.74) is 0.839. The third-order valence-electron chi connectivity index (χ3n) is 3.56. The van der Waals surface area contributed by atoms with Crippen LogP contribution < -0.4 is 4.74 Å². The maximum Gasteiger partial charge on any atom is 0.304 e. The number of ether oxygens (including phenoxy) is 1. The van der Waals surface area contributed by atoms with Crippen LogP contribution in [-0.2, 0) is 4.79 Å². The van der Waals surface area contributed by atoms with Crippen molar-refractivity contribution in [3.05, 3.63) is 23.8 Å². The molecule has 0 fully saturated rings. The Balaban J connectivity index is 2.26. The first kappa shape index (κ1) is 14.7. The molecule has 0 amide bonds. The Morgan fingerprint density at radius 2 is 2.15 bits per heavy atom. The minimum Gasteiger partial charge on any atom is -0.508 e. The molecule has 5 nitrogen and oxygen atoms in total. The fourth-order valence-corrected chi connectivity index (χ4v) is 2.61. The number of phenols is 1. The predicted octanol–water partition coefficient (Wildman–Crippen LogP) is 2.40. The Morgan fingerprint density at radius 1 is 1.45 bits per heavy atom. The predicted molar refractivity (Wildman–Crippen MR) is 75.1 cm³/mol. The molecule has 1 heterocycles. The number of phenolic OH excluding ortho intramolecular Hbond substituents is 1. The molecule has 110 valence electrons. The topological polar surface area (TPSA) is 70.0 Å². The summed E-state index contributed by atoms with van der Waals surface area (Å²) in [6.07, 6.45) is 0.0984. The number of aromatic hydroxyl groups is 1. The quantitative estimate of drug-likeness (QED) is 0.885. The number of aliphatic carboxylic acids is 1. The molecular formula is C15H21NO4. The van der Waals surface area contributed by atoms with Crippen molar-refractivity contribution in [2.45, 2.75) is 38.8 Å². The van der Waals surface area contributed by atoms with Crippen LogP contribution in [0.1, 0.15) is 38.8 Å². The van der Waals surface area contributed by atoms with Gasteiger partial charge in [0.05, 0.1) is 12.5 Å². The van der Waals surface area contributed by atoms with E-state index >= 15 is 0 Å². The summed E-state index contributed by atoms with van der Waals surface area (Å²) in [5.74, 6) is 0.0564. The molecule has 0 spiro atoms. The molecule has 1 aromatic rings. The van der Waals surface area contributed by atoms with E-state index in [0.717, 1.165) is 5.56 Å². The van der Waals surface area contributed by atoms with Gasteiger partial charge in [0.15, 0.2) is 0 Å². The van der Waals surface area contributed by atoms with E-state index in [1.54, 1.807) is 12.1 Å². The van der Waals surface area contributed by atoms with Crippen molar-refractivity contribution in [2.75, 3.05) is 13.2 Å². The van der Waals surface area contributed by atoms with Gasteiger partial charge in [-0.2, -0.15) is 0 Å². The van der Waals surface area contributed by atoms with Gasteiger partial charge in [0.1, 0.15) is 18.1 Å². The highest BCUT2D eigenvalue weighted by Gasteiger charge is 2.35. The summed E-state index contributed by atoms with van der Waals surface area (Å²) in [6, 6.07) is 5.11. The zero-order valence-electron chi connectivity index (χ0n) is 12.1. The number of carboxylic acids is 1. The number of rotatable bonds is 4. The van der Waals surface area contributed by atoms with Crippen LogP contribution in [0, 0.1) is 0 Å². The summed E-state index contributed by atoms with van der Waals surface area (Å²) in [6.45, 7) is 7.14. The summed E-state index contributed by atoms with van der Waals surface area (Å²) >= 11 is 0. The van der Waals surface area contributed by atoms with Crippen molar-refractivity contribution in [3.8, 4) is 11.5 Å². The lowest BCUT2D eigenvalue weighted by atomic mass is 9.98. The molecule has 2 N–H and O–H groups in total. The molecule has 1 aliphatic heterocycles. The first-order valence-electron chi connectivity index (χ1n) is 6.73. The van der Waals surface area contributed by atoms with Crippen molar-refractivity contribution in [1.29, 1.82) is 0 Å². The van der Waals surface area contributed by atoms with Crippen LogP contribution in [0.3, 0.4) is 0 Å². The Bertz CT molecular complexity index is 507. The van der Waals surface area contributed by atoms with Crippen LogP contribution in [0.5, 0.6) is 11.5 Å². The monoisotopic (exact) mass is 279 g/mol. The average molecular weight is 279 g/mol. The second-order valence-corrected chi connectivity index (χ2v) is 6.06. The van der Waals surface area contributed by atoms with E-state index < -0.39 is 5.97 Å². The maximum atomic E-state index is 10.8. The van der Waals surface area contributed by atoms with E-state index in [4.69, 9.17) is 9.84 Å². The van der Waals surface area contributed by atoms with E-state index in [0.29, 0.717) is 18.9 Å². The summed E-state index contributed by atoms with van der Waals surface area (Å²) in [4.78, 5) is 13.0. The van der Waals surface area contributed by atoms with Crippen LogP contribution in [0.15, 0.2) is 18.2 Å². The summed E-state index contributed by atoms with van der Waals surface area (Å²) in [5, 5.41) is 18.4. The van der Waals surface area contributed by atoms with Crippen LogP contribution in [0.2, 0.25) is 0 Å². The molecule has 0 saturated heterocycles. The van der Waals surface area contributed by atoms with Gasteiger partial charge in [-0.3, -0.25) is 9.69 Å². The Hall–Kier alpha value is -1.75. The molecule has 0 saturated carbocycles. The highest BCUT2D eigenvalue weighted by atomic mass is 16.5. The molecule has 0 bridgehead atoms. The largest absolute Gasteiger partial charge is 0.508 e.